The summed E-state index contributed by atoms with van der Waals surface area (Å²) in [4.78, 5) is 9.51. The molecule has 0 unspecified atom stereocenters. The second-order valence-corrected chi connectivity index (χ2v) is 6.24. The standard InChI is InChI=1S/C16H25N3O/c1-14-3-4-15(13-17-14)18-7-5-16(2,6-8-18)19-9-11-20-12-10-19/h3-4,13H,5-12H2,1-2H3. The van der Waals surface area contributed by atoms with Crippen LogP contribution in [0.3, 0.4) is 0 Å². The number of ether oxygens (including phenoxy) is 1. The number of pyridine rings is 1. The average molecular weight is 275 g/mol. The zero-order chi connectivity index (χ0) is 14.0. The molecule has 1 aromatic rings. The summed E-state index contributed by atoms with van der Waals surface area (Å²) < 4.78 is 5.48. The van der Waals surface area contributed by atoms with Crippen molar-refractivity contribution in [3.63, 3.8) is 0 Å². The van der Waals surface area contributed by atoms with Crippen molar-refractivity contribution in [2.45, 2.75) is 32.2 Å². The maximum absolute atomic E-state index is 5.48. The monoisotopic (exact) mass is 275 g/mol. The molecular weight excluding hydrogens is 250 g/mol. The lowest BCUT2D eigenvalue weighted by Crippen LogP contribution is -2.56. The number of hydrogen-bond acceptors (Lipinski definition) is 4. The van der Waals surface area contributed by atoms with E-state index < -0.39 is 0 Å². The average Bonchev–Trinajstić information content (AvgIpc) is 2.50. The number of morpholine rings is 1. The first kappa shape index (κ1) is 13.8. The SMILES string of the molecule is Cc1ccc(N2CCC(C)(N3CCOCC3)CC2)cn1. The van der Waals surface area contributed by atoms with E-state index in [2.05, 4.69) is 33.8 Å². The molecule has 0 bridgehead atoms. The van der Waals surface area contributed by atoms with Gasteiger partial charge in [-0.25, -0.2) is 0 Å². The lowest BCUT2D eigenvalue weighted by Gasteiger charge is -2.48. The lowest BCUT2D eigenvalue weighted by atomic mass is 9.87. The molecule has 0 amide bonds. The molecule has 0 aliphatic carbocycles. The summed E-state index contributed by atoms with van der Waals surface area (Å²) in [6.45, 7) is 10.7. The van der Waals surface area contributed by atoms with Crippen molar-refractivity contribution in [3.8, 4) is 0 Å². The van der Waals surface area contributed by atoms with Gasteiger partial charge >= 0.3 is 0 Å². The van der Waals surface area contributed by atoms with Crippen molar-refractivity contribution in [2.75, 3.05) is 44.3 Å². The summed E-state index contributed by atoms with van der Waals surface area (Å²) >= 11 is 0. The highest BCUT2D eigenvalue weighted by atomic mass is 16.5. The van der Waals surface area contributed by atoms with Crippen LogP contribution in [0.5, 0.6) is 0 Å². The van der Waals surface area contributed by atoms with Crippen LogP contribution in [0.15, 0.2) is 18.3 Å². The topological polar surface area (TPSA) is 28.6 Å². The van der Waals surface area contributed by atoms with Crippen LogP contribution in [-0.2, 0) is 4.74 Å². The summed E-state index contributed by atoms with van der Waals surface area (Å²) in [6, 6.07) is 4.30. The Bertz CT molecular complexity index is 432. The van der Waals surface area contributed by atoms with Gasteiger partial charge in [0.1, 0.15) is 0 Å². The van der Waals surface area contributed by atoms with Crippen LogP contribution in [0.4, 0.5) is 5.69 Å². The highest BCUT2D eigenvalue weighted by Gasteiger charge is 2.36. The zero-order valence-corrected chi connectivity index (χ0v) is 12.6. The van der Waals surface area contributed by atoms with E-state index in [1.807, 2.05) is 13.1 Å². The zero-order valence-electron chi connectivity index (χ0n) is 12.6. The normalized spacial score (nSPS) is 23.8. The molecular formula is C16H25N3O. The number of rotatable bonds is 2. The molecule has 1 aromatic heterocycles. The Kier molecular flexibility index (Phi) is 3.94. The molecule has 4 nitrogen and oxygen atoms in total. The van der Waals surface area contributed by atoms with Gasteiger partial charge in [0.25, 0.3) is 0 Å². The lowest BCUT2D eigenvalue weighted by molar-refractivity contribution is -0.0248. The van der Waals surface area contributed by atoms with E-state index in [0.29, 0.717) is 5.54 Å². The second-order valence-electron chi connectivity index (χ2n) is 6.24. The fourth-order valence-corrected chi connectivity index (χ4v) is 3.31. The molecule has 0 atom stereocenters. The highest BCUT2D eigenvalue weighted by Crippen LogP contribution is 2.31. The maximum atomic E-state index is 5.48. The first-order valence-electron chi connectivity index (χ1n) is 7.68. The molecule has 0 spiro atoms. The van der Waals surface area contributed by atoms with Gasteiger partial charge in [-0.1, -0.05) is 0 Å². The molecule has 2 fully saturated rings. The summed E-state index contributed by atoms with van der Waals surface area (Å²) in [5.74, 6) is 0. The Balaban J connectivity index is 1.62. The van der Waals surface area contributed by atoms with E-state index >= 15 is 0 Å². The minimum absolute atomic E-state index is 0.346. The van der Waals surface area contributed by atoms with Crippen LogP contribution in [0, 0.1) is 6.92 Å². The van der Waals surface area contributed by atoms with Gasteiger partial charge in [-0.15, -0.1) is 0 Å². The van der Waals surface area contributed by atoms with Gasteiger partial charge in [0, 0.05) is 37.4 Å². The van der Waals surface area contributed by atoms with Crippen molar-refractivity contribution in [3.05, 3.63) is 24.0 Å². The summed E-state index contributed by atoms with van der Waals surface area (Å²) in [7, 11) is 0. The van der Waals surface area contributed by atoms with Crippen LogP contribution in [0.25, 0.3) is 0 Å². The molecule has 3 heterocycles. The molecule has 4 heteroatoms. The Morgan fingerprint density at radius 2 is 1.80 bits per heavy atom. The third-order valence-electron chi connectivity index (χ3n) is 4.88. The van der Waals surface area contributed by atoms with Gasteiger partial charge in [-0.3, -0.25) is 9.88 Å². The third-order valence-corrected chi connectivity index (χ3v) is 4.88. The molecule has 0 saturated carbocycles. The molecule has 3 rings (SSSR count). The van der Waals surface area contributed by atoms with E-state index in [1.165, 1.54) is 18.5 Å². The van der Waals surface area contributed by atoms with Crippen molar-refractivity contribution < 1.29 is 4.74 Å². The second kappa shape index (κ2) is 5.70. The van der Waals surface area contributed by atoms with Crippen molar-refractivity contribution in [1.29, 1.82) is 0 Å². The maximum Gasteiger partial charge on any atom is 0.0594 e. The van der Waals surface area contributed by atoms with Crippen LogP contribution >= 0.6 is 0 Å². The quantitative estimate of drug-likeness (QED) is 0.826. The number of hydrogen-bond donors (Lipinski definition) is 0. The largest absolute Gasteiger partial charge is 0.379 e. The number of nitrogens with zero attached hydrogens (tertiary/aromatic N) is 3. The van der Waals surface area contributed by atoms with Crippen molar-refractivity contribution >= 4 is 5.69 Å². The highest BCUT2D eigenvalue weighted by molar-refractivity contribution is 5.45. The fraction of sp³-hybridized carbons (Fsp3) is 0.688. The van der Waals surface area contributed by atoms with Crippen molar-refractivity contribution in [1.82, 2.24) is 9.88 Å². The number of anilines is 1. The van der Waals surface area contributed by atoms with E-state index in [1.54, 1.807) is 0 Å². The Labute approximate surface area is 121 Å². The van der Waals surface area contributed by atoms with E-state index in [9.17, 15) is 0 Å². The Morgan fingerprint density at radius 1 is 1.10 bits per heavy atom. The van der Waals surface area contributed by atoms with Crippen LogP contribution in [0.1, 0.15) is 25.5 Å². The minimum Gasteiger partial charge on any atom is -0.379 e. The smallest absolute Gasteiger partial charge is 0.0594 e. The summed E-state index contributed by atoms with van der Waals surface area (Å²) in [6.07, 6.45) is 4.45. The molecule has 2 aliphatic heterocycles. The van der Waals surface area contributed by atoms with Crippen LogP contribution < -0.4 is 4.90 Å². The molecule has 0 radical (unpaired) electrons. The predicted molar refractivity (Wildman–Crippen MR) is 81.2 cm³/mol. The first-order chi connectivity index (χ1) is 9.67. The van der Waals surface area contributed by atoms with Gasteiger partial charge in [-0.2, -0.15) is 0 Å². The number of aryl methyl sites for hydroxylation is 1. The predicted octanol–water partition coefficient (Wildman–Crippen LogP) is 2.08. The molecule has 0 aromatic carbocycles. The molecule has 0 N–H and O–H groups in total. The Hall–Kier alpha value is -1.13. The number of aromatic nitrogens is 1. The van der Waals surface area contributed by atoms with Gasteiger partial charge in [0.05, 0.1) is 25.1 Å². The van der Waals surface area contributed by atoms with Gasteiger partial charge in [0.2, 0.25) is 0 Å². The summed E-state index contributed by atoms with van der Waals surface area (Å²) in [5, 5.41) is 0. The van der Waals surface area contributed by atoms with Gasteiger partial charge < -0.3 is 9.64 Å². The number of piperidine rings is 1. The molecule has 20 heavy (non-hydrogen) atoms. The minimum atomic E-state index is 0.346. The molecule has 2 aliphatic rings. The Morgan fingerprint density at radius 3 is 2.40 bits per heavy atom. The summed E-state index contributed by atoms with van der Waals surface area (Å²) in [5.41, 5.74) is 2.70. The molecule has 2 saturated heterocycles. The van der Waals surface area contributed by atoms with Crippen molar-refractivity contribution in [2.24, 2.45) is 0 Å². The molecule has 110 valence electrons. The van der Waals surface area contributed by atoms with E-state index in [0.717, 1.165) is 45.1 Å². The van der Waals surface area contributed by atoms with Gasteiger partial charge in [-0.05, 0) is 38.8 Å². The van der Waals surface area contributed by atoms with E-state index in [-0.39, 0.29) is 0 Å². The van der Waals surface area contributed by atoms with E-state index in [4.69, 9.17) is 4.74 Å². The fourth-order valence-electron chi connectivity index (χ4n) is 3.31. The van der Waals surface area contributed by atoms with Crippen LogP contribution in [-0.4, -0.2) is 54.8 Å². The van der Waals surface area contributed by atoms with Crippen LogP contribution in [0.2, 0.25) is 0 Å². The first-order valence-corrected chi connectivity index (χ1v) is 7.68. The third kappa shape index (κ3) is 2.81. The van der Waals surface area contributed by atoms with Gasteiger partial charge in [0.15, 0.2) is 0 Å².